The molecular weight excluding hydrogens is 336 g/mol. The molecule has 20 heavy (non-hydrogen) atoms. The second-order valence-corrected chi connectivity index (χ2v) is 9.07. The number of thiophene rings is 2. The van der Waals surface area contributed by atoms with Crippen LogP contribution in [0.3, 0.4) is 0 Å². The van der Waals surface area contributed by atoms with Crippen molar-refractivity contribution in [2.75, 3.05) is 13.1 Å². The van der Waals surface area contributed by atoms with Gasteiger partial charge < -0.3 is 5.73 Å². The molecule has 0 spiro atoms. The van der Waals surface area contributed by atoms with Gasteiger partial charge >= 0.3 is 0 Å². The van der Waals surface area contributed by atoms with Crippen molar-refractivity contribution in [1.29, 1.82) is 0 Å². The van der Waals surface area contributed by atoms with Crippen molar-refractivity contribution in [3.05, 3.63) is 38.4 Å². The summed E-state index contributed by atoms with van der Waals surface area (Å²) in [5, 5.41) is 0. The van der Waals surface area contributed by atoms with Gasteiger partial charge in [-0.2, -0.15) is 0 Å². The Morgan fingerprint density at radius 2 is 1.80 bits per heavy atom. The smallest absolute Gasteiger partial charge is 0.250 e. The molecule has 2 aromatic rings. The van der Waals surface area contributed by atoms with Crippen LogP contribution < -0.4 is 10.5 Å². The van der Waals surface area contributed by atoms with E-state index in [9.17, 15) is 8.42 Å². The first kappa shape index (κ1) is 15.9. The second-order valence-electron chi connectivity index (χ2n) is 4.11. The summed E-state index contributed by atoms with van der Waals surface area (Å²) >= 11 is 8.56. The van der Waals surface area contributed by atoms with E-state index in [1.54, 1.807) is 6.07 Å². The van der Waals surface area contributed by atoms with Gasteiger partial charge in [0, 0.05) is 16.3 Å². The van der Waals surface area contributed by atoms with Crippen molar-refractivity contribution in [2.45, 2.75) is 17.1 Å². The van der Waals surface area contributed by atoms with Gasteiger partial charge in [-0.3, -0.25) is 0 Å². The molecule has 0 atom stereocenters. The van der Waals surface area contributed by atoms with Crippen LogP contribution in [0, 0.1) is 0 Å². The molecule has 0 fully saturated rings. The molecule has 2 heterocycles. The van der Waals surface area contributed by atoms with Crippen molar-refractivity contribution in [3.8, 4) is 0 Å². The lowest BCUT2D eigenvalue weighted by molar-refractivity contribution is 0.584. The van der Waals surface area contributed by atoms with E-state index in [4.69, 9.17) is 17.3 Å². The summed E-state index contributed by atoms with van der Waals surface area (Å²) in [5.74, 6) is 0. The Bertz CT molecular complexity index is 664. The minimum atomic E-state index is -3.42. The van der Waals surface area contributed by atoms with Crippen LogP contribution in [-0.4, -0.2) is 21.5 Å². The highest BCUT2D eigenvalue weighted by Gasteiger charge is 2.16. The van der Waals surface area contributed by atoms with Crippen LogP contribution in [0.1, 0.15) is 9.75 Å². The van der Waals surface area contributed by atoms with E-state index in [0.717, 1.165) is 9.75 Å². The normalized spacial score (nSPS) is 11.9. The van der Waals surface area contributed by atoms with E-state index in [0.29, 0.717) is 34.5 Å². The van der Waals surface area contributed by atoms with Crippen LogP contribution >= 0.6 is 34.3 Å². The fourth-order valence-electron chi connectivity index (χ4n) is 1.65. The second kappa shape index (κ2) is 7.02. The Morgan fingerprint density at radius 1 is 1.10 bits per heavy atom. The molecule has 3 N–H and O–H groups in total. The number of hydrogen-bond acceptors (Lipinski definition) is 5. The average molecular weight is 351 g/mol. The van der Waals surface area contributed by atoms with Crippen molar-refractivity contribution in [1.82, 2.24) is 4.72 Å². The highest BCUT2D eigenvalue weighted by atomic mass is 35.5. The van der Waals surface area contributed by atoms with Crippen LogP contribution in [0.25, 0.3) is 0 Å². The van der Waals surface area contributed by atoms with Crippen LogP contribution in [0.2, 0.25) is 4.34 Å². The van der Waals surface area contributed by atoms with Crippen molar-refractivity contribution >= 4 is 44.3 Å². The zero-order chi connectivity index (χ0) is 14.6. The number of halogens is 1. The highest BCUT2D eigenvalue weighted by Crippen LogP contribution is 2.23. The Kier molecular flexibility index (Phi) is 5.59. The van der Waals surface area contributed by atoms with Gasteiger partial charge in [-0.05, 0) is 43.7 Å². The van der Waals surface area contributed by atoms with Crippen LogP contribution in [0.5, 0.6) is 0 Å². The Balaban J connectivity index is 1.92. The van der Waals surface area contributed by atoms with Crippen LogP contribution in [0.4, 0.5) is 0 Å². The Morgan fingerprint density at radius 3 is 2.45 bits per heavy atom. The van der Waals surface area contributed by atoms with Crippen LogP contribution in [-0.2, 0) is 22.9 Å². The molecule has 2 rings (SSSR count). The summed E-state index contributed by atoms with van der Waals surface area (Å²) in [4.78, 5) is 2.05. The quantitative estimate of drug-likeness (QED) is 0.805. The molecule has 0 aromatic carbocycles. The van der Waals surface area contributed by atoms with Gasteiger partial charge in [-0.15, -0.1) is 22.7 Å². The molecule has 0 amide bonds. The van der Waals surface area contributed by atoms with Crippen LogP contribution in [0.15, 0.2) is 28.5 Å². The van der Waals surface area contributed by atoms with Gasteiger partial charge in [0.05, 0.1) is 4.34 Å². The van der Waals surface area contributed by atoms with Gasteiger partial charge in [-0.25, -0.2) is 13.1 Å². The SMILES string of the molecule is NCCc1ccc(S(=O)(=O)NCCc2ccc(Cl)s2)s1. The lowest BCUT2D eigenvalue weighted by atomic mass is 10.3. The summed E-state index contributed by atoms with van der Waals surface area (Å²) in [6.07, 6.45) is 1.34. The molecule has 4 nitrogen and oxygen atoms in total. The van der Waals surface area contributed by atoms with Gasteiger partial charge in [0.15, 0.2) is 0 Å². The number of rotatable bonds is 7. The maximum Gasteiger partial charge on any atom is 0.250 e. The summed E-state index contributed by atoms with van der Waals surface area (Å²) in [6.45, 7) is 0.885. The summed E-state index contributed by atoms with van der Waals surface area (Å²) in [7, 11) is -3.42. The average Bonchev–Trinajstić information content (AvgIpc) is 2.99. The standard InChI is InChI=1S/C12H15ClN2O2S3/c13-11-3-1-10(18-11)6-8-15-20(16,17)12-4-2-9(19-12)5-7-14/h1-4,15H,5-8,14H2. The number of sulfonamides is 1. The first-order valence-corrected chi connectivity index (χ1v) is 9.53. The molecular formula is C12H15ClN2O2S3. The van der Waals surface area contributed by atoms with E-state index in [1.165, 1.54) is 22.7 Å². The lowest BCUT2D eigenvalue weighted by Crippen LogP contribution is -2.25. The molecule has 0 unspecified atom stereocenters. The number of nitrogens with one attached hydrogen (secondary N) is 1. The molecule has 0 aliphatic heterocycles. The first-order valence-electron chi connectivity index (χ1n) is 6.04. The van der Waals surface area contributed by atoms with Crippen molar-refractivity contribution in [3.63, 3.8) is 0 Å². The number of nitrogens with two attached hydrogens (primary N) is 1. The monoisotopic (exact) mass is 350 g/mol. The van der Waals surface area contributed by atoms with Gasteiger partial charge in [0.25, 0.3) is 0 Å². The predicted octanol–water partition coefficient (Wildman–Crippen LogP) is 2.49. The Hall–Kier alpha value is -0.440. The molecule has 110 valence electrons. The molecule has 2 aromatic heterocycles. The van der Waals surface area contributed by atoms with E-state index < -0.39 is 10.0 Å². The first-order chi connectivity index (χ1) is 9.51. The number of hydrogen-bond donors (Lipinski definition) is 2. The fraction of sp³-hybridized carbons (Fsp3) is 0.333. The zero-order valence-electron chi connectivity index (χ0n) is 10.6. The summed E-state index contributed by atoms with van der Waals surface area (Å²) in [5.41, 5.74) is 5.46. The minimum Gasteiger partial charge on any atom is -0.330 e. The van der Waals surface area contributed by atoms with E-state index >= 15 is 0 Å². The van der Waals surface area contributed by atoms with E-state index in [-0.39, 0.29) is 0 Å². The molecule has 0 bridgehead atoms. The van der Waals surface area contributed by atoms with Gasteiger partial charge in [0.2, 0.25) is 10.0 Å². The molecule has 0 saturated carbocycles. The minimum absolute atomic E-state index is 0.338. The third-order valence-corrected chi connectivity index (χ3v) is 6.97. The van der Waals surface area contributed by atoms with E-state index in [1.807, 2.05) is 18.2 Å². The fourth-order valence-corrected chi connectivity index (χ4v) is 5.18. The van der Waals surface area contributed by atoms with Crippen molar-refractivity contribution in [2.24, 2.45) is 5.73 Å². The maximum absolute atomic E-state index is 12.1. The van der Waals surface area contributed by atoms with E-state index in [2.05, 4.69) is 4.72 Å². The summed E-state index contributed by atoms with van der Waals surface area (Å²) in [6, 6.07) is 7.16. The third kappa shape index (κ3) is 4.28. The zero-order valence-corrected chi connectivity index (χ0v) is 13.8. The predicted molar refractivity (Wildman–Crippen MR) is 85.3 cm³/mol. The summed E-state index contributed by atoms with van der Waals surface area (Å²) < 4.78 is 27.8. The molecule has 0 radical (unpaired) electrons. The molecule has 0 aliphatic carbocycles. The largest absolute Gasteiger partial charge is 0.330 e. The molecule has 0 saturated heterocycles. The molecule has 0 aliphatic rings. The Labute approximate surface area is 131 Å². The third-order valence-electron chi connectivity index (χ3n) is 2.58. The highest BCUT2D eigenvalue weighted by molar-refractivity contribution is 7.91. The lowest BCUT2D eigenvalue weighted by Gasteiger charge is -2.03. The van der Waals surface area contributed by atoms with Gasteiger partial charge in [0.1, 0.15) is 4.21 Å². The maximum atomic E-state index is 12.1. The van der Waals surface area contributed by atoms with Gasteiger partial charge in [-0.1, -0.05) is 11.6 Å². The van der Waals surface area contributed by atoms with Crippen molar-refractivity contribution < 1.29 is 8.42 Å². The topological polar surface area (TPSA) is 72.2 Å². The molecule has 8 heteroatoms.